The lowest BCUT2D eigenvalue weighted by Gasteiger charge is -2.33. The maximum Gasteiger partial charge on any atom is 0.243 e. The molecular weight excluding hydrogens is 307 g/mol. The van der Waals surface area contributed by atoms with Gasteiger partial charge < -0.3 is 5.32 Å². The first-order valence-electron chi connectivity index (χ1n) is 7.56. The van der Waals surface area contributed by atoms with Gasteiger partial charge in [-0.2, -0.15) is 4.31 Å². The van der Waals surface area contributed by atoms with Crippen LogP contribution in [0.5, 0.6) is 0 Å². The van der Waals surface area contributed by atoms with Crippen molar-refractivity contribution in [2.24, 2.45) is 0 Å². The van der Waals surface area contributed by atoms with E-state index in [1.165, 1.54) is 16.4 Å². The van der Waals surface area contributed by atoms with Crippen LogP contribution >= 0.6 is 0 Å². The number of benzene rings is 1. The van der Waals surface area contributed by atoms with Gasteiger partial charge in [-0.1, -0.05) is 6.42 Å². The van der Waals surface area contributed by atoms with E-state index in [0.29, 0.717) is 13.0 Å². The molecule has 1 N–H and O–H groups in total. The number of amides is 1. The van der Waals surface area contributed by atoms with Crippen LogP contribution in [0.25, 0.3) is 0 Å². The summed E-state index contributed by atoms with van der Waals surface area (Å²) < 4.78 is 39.7. The average Bonchev–Trinajstić information content (AvgIpc) is 3.31. The smallest absolute Gasteiger partial charge is 0.243 e. The SMILES string of the molecule is O=C(NC1CC1)[C@@H]1CCCCN1S(=O)(=O)c1ccc(F)cc1. The fourth-order valence-corrected chi connectivity index (χ4v) is 4.38. The standard InChI is InChI=1S/C15H19FN2O3S/c16-11-4-8-13(9-5-11)22(20,21)18-10-2-1-3-14(18)15(19)17-12-6-7-12/h4-5,8-9,12,14H,1-3,6-7,10H2,(H,17,19)/t14-/m0/s1. The number of rotatable bonds is 4. The highest BCUT2D eigenvalue weighted by atomic mass is 32.2. The Morgan fingerprint density at radius 1 is 1.14 bits per heavy atom. The molecule has 0 spiro atoms. The highest BCUT2D eigenvalue weighted by Crippen LogP contribution is 2.27. The zero-order valence-electron chi connectivity index (χ0n) is 12.2. The van der Waals surface area contributed by atoms with Gasteiger partial charge in [0.1, 0.15) is 11.9 Å². The summed E-state index contributed by atoms with van der Waals surface area (Å²) in [5.41, 5.74) is 0. The van der Waals surface area contributed by atoms with Crippen molar-refractivity contribution in [3.8, 4) is 0 Å². The van der Waals surface area contributed by atoms with Crippen molar-refractivity contribution < 1.29 is 17.6 Å². The Labute approximate surface area is 129 Å². The Morgan fingerprint density at radius 2 is 1.82 bits per heavy atom. The Bertz CT molecular complexity index is 656. The lowest BCUT2D eigenvalue weighted by molar-refractivity contribution is -0.125. The van der Waals surface area contributed by atoms with Crippen LogP contribution in [-0.4, -0.2) is 37.3 Å². The first kappa shape index (κ1) is 15.4. The Balaban J connectivity index is 1.85. The summed E-state index contributed by atoms with van der Waals surface area (Å²) in [6.07, 6.45) is 4.01. The minimum atomic E-state index is -3.78. The van der Waals surface area contributed by atoms with Crippen LogP contribution in [0.3, 0.4) is 0 Å². The second kappa shape index (κ2) is 5.96. The zero-order chi connectivity index (χ0) is 15.7. The van der Waals surface area contributed by atoms with Gasteiger partial charge in [0.25, 0.3) is 0 Å². The molecule has 3 rings (SSSR count). The van der Waals surface area contributed by atoms with Gasteiger partial charge in [0.2, 0.25) is 15.9 Å². The number of carbonyl (C=O) groups is 1. The number of sulfonamides is 1. The molecule has 1 atom stereocenters. The number of hydrogen-bond donors (Lipinski definition) is 1. The molecule has 0 unspecified atom stereocenters. The van der Waals surface area contributed by atoms with Gasteiger partial charge in [-0.3, -0.25) is 4.79 Å². The molecule has 1 saturated heterocycles. The zero-order valence-corrected chi connectivity index (χ0v) is 13.0. The summed E-state index contributed by atoms with van der Waals surface area (Å²) in [5.74, 6) is -0.700. The van der Waals surface area contributed by atoms with Crippen molar-refractivity contribution in [1.82, 2.24) is 9.62 Å². The minimum Gasteiger partial charge on any atom is -0.352 e. The van der Waals surface area contributed by atoms with E-state index in [1.807, 2.05) is 0 Å². The number of halogens is 1. The van der Waals surface area contributed by atoms with Crippen LogP contribution in [-0.2, 0) is 14.8 Å². The minimum absolute atomic E-state index is 0.0278. The topological polar surface area (TPSA) is 66.5 Å². The highest BCUT2D eigenvalue weighted by Gasteiger charge is 2.39. The van der Waals surface area contributed by atoms with E-state index in [9.17, 15) is 17.6 Å². The van der Waals surface area contributed by atoms with Crippen molar-refractivity contribution in [1.29, 1.82) is 0 Å². The van der Waals surface area contributed by atoms with E-state index in [-0.39, 0.29) is 16.8 Å². The molecule has 5 nitrogen and oxygen atoms in total. The molecular formula is C15H19FN2O3S. The third-order valence-electron chi connectivity index (χ3n) is 4.10. The molecule has 1 aliphatic heterocycles. The number of nitrogens with one attached hydrogen (secondary N) is 1. The normalized spacial score (nSPS) is 23.2. The molecule has 0 bridgehead atoms. The van der Waals surface area contributed by atoms with E-state index >= 15 is 0 Å². The maximum atomic E-state index is 13.0. The largest absolute Gasteiger partial charge is 0.352 e. The second-order valence-corrected chi connectivity index (χ2v) is 7.75. The summed E-state index contributed by atoms with van der Waals surface area (Å²) >= 11 is 0. The molecule has 2 aliphatic rings. The van der Waals surface area contributed by atoms with E-state index in [2.05, 4.69) is 5.32 Å². The van der Waals surface area contributed by atoms with E-state index in [1.54, 1.807) is 0 Å². The van der Waals surface area contributed by atoms with Gasteiger partial charge >= 0.3 is 0 Å². The van der Waals surface area contributed by atoms with Crippen molar-refractivity contribution in [3.63, 3.8) is 0 Å². The van der Waals surface area contributed by atoms with E-state index < -0.39 is 21.9 Å². The van der Waals surface area contributed by atoms with Crippen LogP contribution < -0.4 is 5.32 Å². The molecule has 120 valence electrons. The Kier molecular flexibility index (Phi) is 4.18. The van der Waals surface area contributed by atoms with E-state index in [4.69, 9.17) is 0 Å². The predicted molar refractivity (Wildman–Crippen MR) is 79.1 cm³/mol. The fourth-order valence-electron chi connectivity index (χ4n) is 2.72. The van der Waals surface area contributed by atoms with Gasteiger partial charge in [0.15, 0.2) is 0 Å². The number of piperidine rings is 1. The van der Waals surface area contributed by atoms with Crippen LogP contribution in [0.4, 0.5) is 4.39 Å². The highest BCUT2D eigenvalue weighted by molar-refractivity contribution is 7.89. The Morgan fingerprint density at radius 3 is 2.45 bits per heavy atom. The van der Waals surface area contributed by atoms with Crippen molar-refractivity contribution in [2.45, 2.75) is 49.1 Å². The summed E-state index contributed by atoms with van der Waals surface area (Å²) in [4.78, 5) is 12.3. The first-order chi connectivity index (χ1) is 10.5. The van der Waals surface area contributed by atoms with Crippen LogP contribution in [0.15, 0.2) is 29.2 Å². The fraction of sp³-hybridized carbons (Fsp3) is 0.533. The van der Waals surface area contributed by atoms with Gasteiger partial charge in [0.05, 0.1) is 4.90 Å². The molecule has 0 radical (unpaired) electrons. The van der Waals surface area contributed by atoms with Gasteiger partial charge in [-0.05, 0) is 49.9 Å². The number of carbonyl (C=O) groups excluding carboxylic acids is 1. The maximum absolute atomic E-state index is 13.0. The lowest BCUT2D eigenvalue weighted by atomic mass is 10.0. The third-order valence-corrected chi connectivity index (χ3v) is 6.02. The average molecular weight is 326 g/mol. The molecule has 1 heterocycles. The van der Waals surface area contributed by atoms with Crippen LogP contribution in [0.2, 0.25) is 0 Å². The summed E-state index contributed by atoms with van der Waals surface area (Å²) in [6.45, 7) is 0.322. The van der Waals surface area contributed by atoms with Crippen molar-refractivity contribution in [2.75, 3.05) is 6.54 Å². The monoisotopic (exact) mass is 326 g/mol. The molecule has 1 aromatic carbocycles. The molecule has 2 fully saturated rings. The van der Waals surface area contributed by atoms with Crippen molar-refractivity contribution in [3.05, 3.63) is 30.1 Å². The molecule has 22 heavy (non-hydrogen) atoms. The quantitative estimate of drug-likeness (QED) is 0.915. The van der Waals surface area contributed by atoms with Gasteiger partial charge in [0, 0.05) is 12.6 Å². The number of hydrogen-bond acceptors (Lipinski definition) is 3. The molecule has 1 aliphatic carbocycles. The Hall–Kier alpha value is -1.47. The van der Waals surface area contributed by atoms with Crippen molar-refractivity contribution >= 4 is 15.9 Å². The summed E-state index contributed by atoms with van der Waals surface area (Å²) in [6, 6.07) is 4.27. The first-order valence-corrected chi connectivity index (χ1v) is 9.00. The molecule has 7 heteroatoms. The molecule has 0 aromatic heterocycles. The summed E-state index contributed by atoms with van der Waals surface area (Å²) in [7, 11) is -3.78. The van der Waals surface area contributed by atoms with Crippen LogP contribution in [0.1, 0.15) is 32.1 Å². The second-order valence-electron chi connectivity index (χ2n) is 5.86. The number of nitrogens with zero attached hydrogens (tertiary/aromatic N) is 1. The van der Waals surface area contributed by atoms with Crippen LogP contribution in [0, 0.1) is 5.82 Å². The lowest BCUT2D eigenvalue weighted by Crippen LogP contribution is -2.52. The third kappa shape index (κ3) is 3.15. The van der Waals surface area contributed by atoms with E-state index in [0.717, 1.165) is 37.8 Å². The van der Waals surface area contributed by atoms with Gasteiger partial charge in [-0.15, -0.1) is 0 Å². The molecule has 1 amide bonds. The summed E-state index contributed by atoms with van der Waals surface area (Å²) in [5, 5.41) is 2.88. The predicted octanol–water partition coefficient (Wildman–Crippen LogP) is 1.65. The molecule has 1 saturated carbocycles. The molecule has 1 aromatic rings. The van der Waals surface area contributed by atoms with Gasteiger partial charge in [-0.25, -0.2) is 12.8 Å².